The number of nitrogens with zero attached hydrogens (tertiary/aromatic N) is 1. The Kier molecular flexibility index (Phi) is 2.90. The Bertz CT molecular complexity index is 811. The van der Waals surface area contributed by atoms with Crippen LogP contribution in [-0.2, 0) is 0 Å². The quantitative estimate of drug-likeness (QED) is 0.758. The highest BCUT2D eigenvalue weighted by molar-refractivity contribution is 6.06. The van der Waals surface area contributed by atoms with E-state index in [-0.39, 0.29) is 5.78 Å². The number of H-pyrrole nitrogens is 1. The SMILES string of the molecule is CC(=O)c1cnc2[nH]ccc2c1N[C@H]1C2CC3CC1C[C@@](O)(C3)C2. The summed E-state index contributed by atoms with van der Waals surface area (Å²) < 4.78 is 0. The summed E-state index contributed by atoms with van der Waals surface area (Å²) >= 11 is 0. The Morgan fingerprint density at radius 2 is 2.08 bits per heavy atom. The maximum Gasteiger partial charge on any atom is 0.163 e. The summed E-state index contributed by atoms with van der Waals surface area (Å²) in [7, 11) is 0. The standard InChI is InChI=1S/C19H23N3O2/c1-10(23)15-9-21-18-14(2-3-20-18)17(15)22-16-12-4-11-5-13(16)8-19(24,6-11)7-12/h2-3,9,11-13,16,24H,4-8H2,1H3,(H2,20,21,22)/t11?,12?,13?,16-,19+. The van der Waals surface area contributed by atoms with Gasteiger partial charge < -0.3 is 15.4 Å². The number of Topliss-reactive ketones (excluding diaryl/α,β-unsaturated/α-hetero) is 1. The summed E-state index contributed by atoms with van der Waals surface area (Å²) in [6.07, 6.45) is 8.73. The lowest BCUT2D eigenvalue weighted by molar-refractivity contribution is -0.129. The van der Waals surface area contributed by atoms with Gasteiger partial charge in [0, 0.05) is 23.8 Å². The molecule has 2 atom stereocenters. The molecule has 6 rings (SSSR count). The molecule has 2 heterocycles. The minimum atomic E-state index is -0.431. The van der Waals surface area contributed by atoms with E-state index < -0.39 is 5.60 Å². The zero-order chi connectivity index (χ0) is 16.5. The average molecular weight is 325 g/mol. The van der Waals surface area contributed by atoms with Gasteiger partial charge in [-0.2, -0.15) is 0 Å². The third-order valence-electron chi connectivity index (χ3n) is 6.52. The Labute approximate surface area is 140 Å². The van der Waals surface area contributed by atoms with Gasteiger partial charge >= 0.3 is 0 Å². The first kappa shape index (κ1) is 14.5. The second kappa shape index (κ2) is 4.82. The van der Waals surface area contributed by atoms with Crippen LogP contribution in [0.1, 0.15) is 49.4 Å². The summed E-state index contributed by atoms with van der Waals surface area (Å²) in [5, 5.41) is 15.5. The molecule has 0 saturated heterocycles. The van der Waals surface area contributed by atoms with Crippen molar-refractivity contribution in [3.05, 3.63) is 24.0 Å². The Balaban J connectivity index is 1.54. The number of nitrogens with one attached hydrogen (secondary N) is 2. The van der Waals surface area contributed by atoms with Gasteiger partial charge in [0.15, 0.2) is 5.78 Å². The number of hydrogen-bond donors (Lipinski definition) is 3. The molecule has 0 amide bonds. The van der Waals surface area contributed by atoms with Crippen LogP contribution >= 0.6 is 0 Å². The molecule has 4 saturated carbocycles. The normalized spacial score (nSPS) is 37.1. The molecule has 24 heavy (non-hydrogen) atoms. The van der Waals surface area contributed by atoms with Crippen LogP contribution in [0, 0.1) is 17.8 Å². The zero-order valence-electron chi connectivity index (χ0n) is 13.9. The number of aliphatic hydroxyl groups is 1. The highest BCUT2D eigenvalue weighted by atomic mass is 16.3. The summed E-state index contributed by atoms with van der Waals surface area (Å²) in [5.41, 5.74) is 1.96. The van der Waals surface area contributed by atoms with Crippen LogP contribution < -0.4 is 5.32 Å². The lowest BCUT2D eigenvalue weighted by Crippen LogP contribution is -2.59. The van der Waals surface area contributed by atoms with E-state index in [4.69, 9.17) is 0 Å². The fraction of sp³-hybridized carbons (Fsp3) is 0.579. The summed E-state index contributed by atoms with van der Waals surface area (Å²) in [5.74, 6) is 1.73. The van der Waals surface area contributed by atoms with Crippen molar-refractivity contribution in [1.82, 2.24) is 9.97 Å². The first-order valence-electron chi connectivity index (χ1n) is 8.98. The highest BCUT2D eigenvalue weighted by Gasteiger charge is 2.54. The minimum Gasteiger partial charge on any atom is -0.390 e. The van der Waals surface area contributed by atoms with Crippen molar-refractivity contribution in [3.8, 4) is 0 Å². The molecule has 126 valence electrons. The summed E-state index contributed by atoms with van der Waals surface area (Å²) in [4.78, 5) is 19.6. The molecule has 4 aliphatic rings. The molecule has 4 bridgehead atoms. The van der Waals surface area contributed by atoms with Crippen molar-refractivity contribution in [2.24, 2.45) is 17.8 Å². The number of aromatic amines is 1. The van der Waals surface area contributed by atoms with E-state index in [1.165, 1.54) is 12.8 Å². The van der Waals surface area contributed by atoms with Gasteiger partial charge in [0.2, 0.25) is 0 Å². The number of rotatable bonds is 3. The lowest BCUT2D eigenvalue weighted by Gasteiger charge is -2.58. The summed E-state index contributed by atoms with van der Waals surface area (Å²) in [6.45, 7) is 1.60. The van der Waals surface area contributed by atoms with Crippen molar-refractivity contribution in [3.63, 3.8) is 0 Å². The van der Waals surface area contributed by atoms with Crippen LogP contribution in [-0.4, -0.2) is 32.5 Å². The summed E-state index contributed by atoms with van der Waals surface area (Å²) in [6, 6.07) is 2.33. The maximum atomic E-state index is 12.1. The maximum absolute atomic E-state index is 12.1. The topological polar surface area (TPSA) is 78.0 Å². The largest absolute Gasteiger partial charge is 0.390 e. The molecule has 5 heteroatoms. The third-order valence-corrected chi connectivity index (χ3v) is 6.52. The van der Waals surface area contributed by atoms with Crippen molar-refractivity contribution >= 4 is 22.5 Å². The molecule has 2 aromatic heterocycles. The third kappa shape index (κ3) is 2.04. The van der Waals surface area contributed by atoms with Gasteiger partial charge in [-0.15, -0.1) is 0 Å². The van der Waals surface area contributed by atoms with Crippen LogP contribution in [0.25, 0.3) is 11.0 Å². The van der Waals surface area contributed by atoms with Gasteiger partial charge in [-0.1, -0.05) is 0 Å². The van der Waals surface area contributed by atoms with Gasteiger partial charge in [0.05, 0.1) is 16.9 Å². The van der Waals surface area contributed by atoms with E-state index in [1.54, 1.807) is 13.1 Å². The molecule has 5 nitrogen and oxygen atoms in total. The number of ketones is 1. The molecular weight excluding hydrogens is 302 g/mol. The lowest BCUT2D eigenvalue weighted by atomic mass is 9.52. The van der Waals surface area contributed by atoms with Crippen LogP contribution in [0.15, 0.2) is 18.5 Å². The Morgan fingerprint density at radius 1 is 1.33 bits per heavy atom. The second-order valence-corrected chi connectivity index (χ2v) is 8.21. The number of fused-ring (bicyclic) bond motifs is 1. The molecule has 4 aliphatic carbocycles. The van der Waals surface area contributed by atoms with Crippen molar-refractivity contribution < 1.29 is 9.90 Å². The molecule has 0 aliphatic heterocycles. The Morgan fingerprint density at radius 3 is 2.75 bits per heavy atom. The van der Waals surface area contributed by atoms with Crippen molar-refractivity contribution in [1.29, 1.82) is 0 Å². The second-order valence-electron chi connectivity index (χ2n) is 8.21. The monoisotopic (exact) mass is 325 g/mol. The fourth-order valence-corrected chi connectivity index (χ4v) is 5.81. The number of aromatic nitrogens is 2. The molecular formula is C19H23N3O2. The molecule has 0 spiro atoms. The molecule has 0 radical (unpaired) electrons. The van der Waals surface area contributed by atoms with E-state index in [1.807, 2.05) is 12.3 Å². The average Bonchev–Trinajstić information content (AvgIpc) is 2.97. The Hall–Kier alpha value is -1.88. The highest BCUT2D eigenvalue weighted by Crippen LogP contribution is 2.56. The molecule has 3 N–H and O–H groups in total. The number of anilines is 1. The van der Waals surface area contributed by atoms with Crippen LogP contribution in [0.2, 0.25) is 0 Å². The van der Waals surface area contributed by atoms with Crippen LogP contribution in [0.3, 0.4) is 0 Å². The minimum absolute atomic E-state index is 0.0375. The molecule has 4 fully saturated rings. The van der Waals surface area contributed by atoms with E-state index in [9.17, 15) is 9.90 Å². The number of carbonyl (C=O) groups excluding carboxylic acids is 1. The van der Waals surface area contributed by atoms with E-state index in [2.05, 4.69) is 15.3 Å². The molecule has 2 unspecified atom stereocenters. The van der Waals surface area contributed by atoms with E-state index >= 15 is 0 Å². The van der Waals surface area contributed by atoms with E-state index in [0.717, 1.165) is 36.0 Å². The first-order chi connectivity index (χ1) is 11.5. The van der Waals surface area contributed by atoms with Gasteiger partial charge in [0.25, 0.3) is 0 Å². The predicted octanol–water partition coefficient (Wildman–Crippen LogP) is 3.12. The van der Waals surface area contributed by atoms with Crippen LogP contribution in [0.4, 0.5) is 5.69 Å². The molecule has 2 aromatic rings. The van der Waals surface area contributed by atoms with Crippen LogP contribution in [0.5, 0.6) is 0 Å². The van der Waals surface area contributed by atoms with E-state index in [0.29, 0.717) is 29.4 Å². The first-order valence-corrected chi connectivity index (χ1v) is 8.98. The van der Waals surface area contributed by atoms with Gasteiger partial charge in [-0.3, -0.25) is 4.79 Å². The number of carbonyl (C=O) groups is 1. The van der Waals surface area contributed by atoms with Gasteiger partial charge in [0.1, 0.15) is 5.65 Å². The smallest absolute Gasteiger partial charge is 0.163 e. The molecule has 0 aromatic carbocycles. The number of pyridine rings is 1. The van der Waals surface area contributed by atoms with Crippen molar-refractivity contribution in [2.75, 3.05) is 5.32 Å². The van der Waals surface area contributed by atoms with Gasteiger partial charge in [-0.25, -0.2) is 4.98 Å². The van der Waals surface area contributed by atoms with Crippen molar-refractivity contribution in [2.45, 2.75) is 50.7 Å². The predicted molar refractivity (Wildman–Crippen MR) is 92.0 cm³/mol. The fourth-order valence-electron chi connectivity index (χ4n) is 5.81. The zero-order valence-corrected chi connectivity index (χ0v) is 13.9. The number of hydrogen-bond acceptors (Lipinski definition) is 4. The van der Waals surface area contributed by atoms with Gasteiger partial charge in [-0.05, 0) is 62.8 Å².